The van der Waals surface area contributed by atoms with E-state index < -0.39 is 6.04 Å². The molecule has 1 N–H and O–H groups in total. The van der Waals surface area contributed by atoms with E-state index in [1.807, 2.05) is 13.0 Å². The zero-order valence-corrected chi connectivity index (χ0v) is 17.2. The van der Waals surface area contributed by atoms with Crippen LogP contribution in [-0.2, 0) is 17.6 Å². The van der Waals surface area contributed by atoms with E-state index in [1.165, 1.54) is 29.3 Å². The Hall–Kier alpha value is -2.50. The van der Waals surface area contributed by atoms with Crippen molar-refractivity contribution in [1.29, 1.82) is 0 Å². The molecule has 0 saturated carbocycles. The third kappa shape index (κ3) is 4.26. The van der Waals surface area contributed by atoms with Crippen LogP contribution in [0, 0.1) is 0 Å². The maximum atomic E-state index is 13.1. The molecule has 2 aromatic rings. The van der Waals surface area contributed by atoms with Crippen LogP contribution >= 0.6 is 0 Å². The highest BCUT2D eigenvalue weighted by Gasteiger charge is 2.22. The minimum Gasteiger partial charge on any atom is -0.354 e. The second kappa shape index (κ2) is 8.89. The molecule has 4 rings (SSSR count). The van der Waals surface area contributed by atoms with Gasteiger partial charge in [0, 0.05) is 12.2 Å². The zero-order chi connectivity index (χ0) is 20.2. The highest BCUT2D eigenvalue weighted by atomic mass is 16.2. The molecule has 154 valence electrons. The van der Waals surface area contributed by atoms with Crippen molar-refractivity contribution in [2.24, 2.45) is 0 Å². The SMILES string of the molecule is CC[C@H](C(=O)NCCC1=CCCCC1)n1cnc2nc3c(cc2c1=O)CCCC3. The third-order valence-electron chi connectivity index (χ3n) is 6.21. The fourth-order valence-electron chi connectivity index (χ4n) is 4.51. The summed E-state index contributed by atoms with van der Waals surface area (Å²) in [5.41, 5.74) is 3.97. The lowest BCUT2D eigenvalue weighted by Gasteiger charge is -2.19. The molecule has 0 fully saturated rings. The Morgan fingerprint density at radius 2 is 2.03 bits per heavy atom. The summed E-state index contributed by atoms with van der Waals surface area (Å²) in [6.07, 6.45) is 14.2. The first kappa shape index (κ1) is 19.8. The Kier molecular flexibility index (Phi) is 6.07. The van der Waals surface area contributed by atoms with Crippen LogP contribution in [0.1, 0.15) is 75.6 Å². The zero-order valence-electron chi connectivity index (χ0n) is 17.2. The number of aromatic nitrogens is 3. The Bertz CT molecular complexity index is 992. The van der Waals surface area contributed by atoms with Gasteiger partial charge < -0.3 is 5.32 Å². The van der Waals surface area contributed by atoms with E-state index in [2.05, 4.69) is 21.4 Å². The maximum Gasteiger partial charge on any atom is 0.263 e. The molecular formula is C23H30N4O2. The molecule has 2 aliphatic carbocycles. The molecule has 0 aliphatic heterocycles. The van der Waals surface area contributed by atoms with Gasteiger partial charge in [0.05, 0.1) is 5.39 Å². The first-order valence-electron chi connectivity index (χ1n) is 11.0. The van der Waals surface area contributed by atoms with Crippen molar-refractivity contribution in [2.45, 2.75) is 77.2 Å². The molecule has 0 aromatic carbocycles. The Labute approximate surface area is 171 Å². The van der Waals surface area contributed by atoms with Crippen molar-refractivity contribution in [2.75, 3.05) is 6.54 Å². The smallest absolute Gasteiger partial charge is 0.263 e. The van der Waals surface area contributed by atoms with Crippen LogP contribution in [-0.4, -0.2) is 27.0 Å². The summed E-state index contributed by atoms with van der Waals surface area (Å²) in [6, 6.07) is 1.40. The van der Waals surface area contributed by atoms with Crippen LogP contribution in [0.2, 0.25) is 0 Å². The fraction of sp³-hybridized carbons (Fsp3) is 0.565. The predicted octanol–water partition coefficient (Wildman–Crippen LogP) is 3.63. The number of hydrogen-bond acceptors (Lipinski definition) is 4. The van der Waals surface area contributed by atoms with Gasteiger partial charge >= 0.3 is 0 Å². The Balaban J connectivity index is 1.53. The molecule has 2 heterocycles. The van der Waals surface area contributed by atoms with Crippen molar-refractivity contribution in [3.63, 3.8) is 0 Å². The standard InChI is InChI=1S/C23H30N4O2/c1-2-20(22(28)24-13-12-16-8-4-3-5-9-16)27-15-25-21-18(23(27)29)14-17-10-6-7-11-19(17)26-21/h8,14-15,20H,2-7,9-13H2,1H3,(H,24,28)/t20-/m1/s1. The first-order chi connectivity index (χ1) is 14.2. The topological polar surface area (TPSA) is 76.9 Å². The van der Waals surface area contributed by atoms with Crippen LogP contribution in [0.4, 0.5) is 0 Å². The van der Waals surface area contributed by atoms with Crippen molar-refractivity contribution in [3.8, 4) is 0 Å². The predicted molar refractivity (Wildman–Crippen MR) is 114 cm³/mol. The summed E-state index contributed by atoms with van der Waals surface area (Å²) in [5.74, 6) is -0.113. The van der Waals surface area contributed by atoms with Gasteiger partial charge in [0.25, 0.3) is 5.56 Å². The van der Waals surface area contributed by atoms with E-state index in [0.717, 1.165) is 56.2 Å². The lowest BCUT2D eigenvalue weighted by atomic mass is 9.95. The molecule has 2 aromatic heterocycles. The van der Waals surface area contributed by atoms with E-state index in [1.54, 1.807) is 0 Å². The van der Waals surface area contributed by atoms with E-state index in [-0.39, 0.29) is 11.5 Å². The van der Waals surface area contributed by atoms with Gasteiger partial charge in [-0.3, -0.25) is 14.2 Å². The number of hydrogen-bond donors (Lipinski definition) is 1. The summed E-state index contributed by atoms with van der Waals surface area (Å²) in [7, 11) is 0. The van der Waals surface area contributed by atoms with Gasteiger partial charge in [-0.1, -0.05) is 18.6 Å². The third-order valence-corrected chi connectivity index (χ3v) is 6.21. The summed E-state index contributed by atoms with van der Waals surface area (Å²) >= 11 is 0. The number of rotatable bonds is 6. The van der Waals surface area contributed by atoms with E-state index >= 15 is 0 Å². The molecule has 0 saturated heterocycles. The average Bonchev–Trinajstić information content (AvgIpc) is 2.75. The highest BCUT2D eigenvalue weighted by Crippen LogP contribution is 2.22. The molecule has 2 aliphatic rings. The van der Waals surface area contributed by atoms with Crippen molar-refractivity contribution in [3.05, 3.63) is 45.7 Å². The molecule has 1 amide bonds. The minimum absolute atomic E-state index is 0.113. The van der Waals surface area contributed by atoms with Gasteiger partial charge in [0.2, 0.25) is 5.91 Å². The van der Waals surface area contributed by atoms with Crippen molar-refractivity contribution < 1.29 is 4.79 Å². The molecule has 6 nitrogen and oxygen atoms in total. The number of carbonyl (C=O) groups is 1. The Morgan fingerprint density at radius 1 is 1.21 bits per heavy atom. The molecule has 1 atom stereocenters. The summed E-state index contributed by atoms with van der Waals surface area (Å²) < 4.78 is 1.48. The summed E-state index contributed by atoms with van der Waals surface area (Å²) in [5, 5.41) is 3.54. The van der Waals surface area contributed by atoms with Crippen LogP contribution in [0.15, 0.2) is 28.8 Å². The van der Waals surface area contributed by atoms with Gasteiger partial charge in [-0.15, -0.1) is 0 Å². The summed E-state index contributed by atoms with van der Waals surface area (Å²) in [4.78, 5) is 35.0. The summed E-state index contributed by atoms with van der Waals surface area (Å²) in [6.45, 7) is 2.54. The number of carbonyl (C=O) groups excluding carboxylic acids is 1. The quantitative estimate of drug-likeness (QED) is 0.759. The fourth-order valence-corrected chi connectivity index (χ4v) is 4.51. The lowest BCUT2D eigenvalue weighted by Crippen LogP contribution is -2.37. The molecule has 0 unspecified atom stereocenters. The number of pyridine rings is 1. The number of aryl methyl sites for hydroxylation is 2. The normalized spacial score (nSPS) is 17.5. The molecule has 0 radical (unpaired) electrons. The van der Waals surface area contributed by atoms with Gasteiger partial charge in [-0.05, 0) is 75.8 Å². The van der Waals surface area contributed by atoms with Gasteiger partial charge in [-0.2, -0.15) is 0 Å². The Morgan fingerprint density at radius 3 is 2.83 bits per heavy atom. The van der Waals surface area contributed by atoms with Crippen LogP contribution < -0.4 is 10.9 Å². The minimum atomic E-state index is -0.546. The van der Waals surface area contributed by atoms with Gasteiger partial charge in [-0.25, -0.2) is 9.97 Å². The number of fused-ring (bicyclic) bond motifs is 2. The molecular weight excluding hydrogens is 364 g/mol. The molecule has 29 heavy (non-hydrogen) atoms. The monoisotopic (exact) mass is 394 g/mol. The highest BCUT2D eigenvalue weighted by molar-refractivity contribution is 5.81. The van der Waals surface area contributed by atoms with E-state index in [9.17, 15) is 9.59 Å². The van der Waals surface area contributed by atoms with E-state index in [4.69, 9.17) is 0 Å². The molecule has 6 heteroatoms. The molecule has 0 spiro atoms. The largest absolute Gasteiger partial charge is 0.354 e. The average molecular weight is 395 g/mol. The van der Waals surface area contributed by atoms with Crippen molar-refractivity contribution >= 4 is 16.9 Å². The van der Waals surface area contributed by atoms with Gasteiger partial charge in [0.15, 0.2) is 5.65 Å². The van der Waals surface area contributed by atoms with Crippen LogP contribution in [0.25, 0.3) is 11.0 Å². The number of allylic oxidation sites excluding steroid dienone is 1. The second-order valence-electron chi connectivity index (χ2n) is 8.20. The van der Waals surface area contributed by atoms with E-state index in [0.29, 0.717) is 24.0 Å². The first-order valence-corrected chi connectivity index (χ1v) is 11.0. The van der Waals surface area contributed by atoms with Gasteiger partial charge in [0.1, 0.15) is 12.4 Å². The van der Waals surface area contributed by atoms with Crippen molar-refractivity contribution in [1.82, 2.24) is 19.9 Å². The number of nitrogens with one attached hydrogen (secondary N) is 1. The maximum absolute atomic E-state index is 13.1. The second-order valence-corrected chi connectivity index (χ2v) is 8.20. The van der Waals surface area contributed by atoms with Crippen LogP contribution in [0.5, 0.6) is 0 Å². The molecule has 0 bridgehead atoms. The number of amides is 1. The lowest BCUT2D eigenvalue weighted by molar-refractivity contribution is -0.124. The van der Waals surface area contributed by atoms with Crippen LogP contribution in [0.3, 0.4) is 0 Å². The number of nitrogens with zero attached hydrogens (tertiary/aromatic N) is 3.